The van der Waals surface area contributed by atoms with Gasteiger partial charge in [0.25, 0.3) is 0 Å². The monoisotopic (exact) mass is 253 g/mol. The van der Waals surface area contributed by atoms with E-state index in [1.807, 2.05) is 0 Å². The second-order valence-electron chi connectivity index (χ2n) is 3.29. The van der Waals surface area contributed by atoms with Crippen molar-refractivity contribution in [3.05, 3.63) is 0 Å². The molecule has 1 fully saturated rings. The highest BCUT2D eigenvalue weighted by atomic mass is 127. The summed E-state index contributed by atoms with van der Waals surface area (Å²) in [5.41, 5.74) is 5.62. The molecule has 2 unspecified atom stereocenters. The summed E-state index contributed by atoms with van der Waals surface area (Å²) >= 11 is 2.49. The van der Waals surface area contributed by atoms with Gasteiger partial charge in [0.15, 0.2) is 0 Å². The van der Waals surface area contributed by atoms with Crippen molar-refractivity contribution in [2.24, 2.45) is 17.6 Å². The summed E-state index contributed by atoms with van der Waals surface area (Å²) in [6, 6.07) is 0. The molecule has 1 aliphatic rings. The second-order valence-corrected chi connectivity index (χ2v) is 4.17. The van der Waals surface area contributed by atoms with Gasteiger partial charge in [0.05, 0.1) is 0 Å². The lowest BCUT2D eigenvalue weighted by Gasteiger charge is -2.26. The van der Waals surface area contributed by atoms with Crippen LogP contribution in [0.15, 0.2) is 0 Å². The molecular formula is C8H16IN. The highest BCUT2D eigenvalue weighted by Crippen LogP contribution is 2.29. The lowest BCUT2D eigenvalue weighted by Crippen LogP contribution is -2.22. The minimum absolute atomic E-state index is 0.841. The number of alkyl halides is 1. The molecule has 60 valence electrons. The standard InChI is InChI=1S/C8H16IN/c9-5-7-2-1-3-8(4-7)6-10/h7-8H,1-6,10H2. The van der Waals surface area contributed by atoms with E-state index in [0.717, 1.165) is 18.4 Å². The second kappa shape index (κ2) is 4.54. The summed E-state index contributed by atoms with van der Waals surface area (Å²) in [5.74, 6) is 1.82. The maximum atomic E-state index is 5.62. The summed E-state index contributed by atoms with van der Waals surface area (Å²) in [7, 11) is 0. The molecule has 0 bridgehead atoms. The maximum Gasteiger partial charge on any atom is 0.00238 e. The lowest BCUT2D eigenvalue weighted by atomic mass is 9.83. The first-order valence-electron chi connectivity index (χ1n) is 4.12. The molecule has 0 aromatic heterocycles. The molecule has 0 aromatic rings. The van der Waals surface area contributed by atoms with E-state index in [-0.39, 0.29) is 0 Å². The molecule has 2 heteroatoms. The molecule has 0 heterocycles. The molecule has 0 aromatic carbocycles. The van der Waals surface area contributed by atoms with Gasteiger partial charge in [0.2, 0.25) is 0 Å². The molecule has 10 heavy (non-hydrogen) atoms. The average Bonchev–Trinajstić information content (AvgIpc) is 2.05. The molecule has 2 atom stereocenters. The Hall–Kier alpha value is 0.690. The van der Waals surface area contributed by atoms with Crippen LogP contribution in [0.3, 0.4) is 0 Å². The van der Waals surface area contributed by atoms with Crippen LogP contribution in [0.2, 0.25) is 0 Å². The van der Waals surface area contributed by atoms with Crippen molar-refractivity contribution in [3.63, 3.8) is 0 Å². The molecular weight excluding hydrogens is 237 g/mol. The summed E-state index contributed by atoms with van der Waals surface area (Å²) < 4.78 is 1.33. The summed E-state index contributed by atoms with van der Waals surface area (Å²) in [4.78, 5) is 0. The maximum absolute atomic E-state index is 5.62. The summed E-state index contributed by atoms with van der Waals surface area (Å²) in [6.45, 7) is 0.910. The third kappa shape index (κ3) is 2.38. The third-order valence-electron chi connectivity index (χ3n) is 2.44. The molecule has 1 saturated carbocycles. The van der Waals surface area contributed by atoms with Gasteiger partial charge in [-0.25, -0.2) is 0 Å². The van der Waals surface area contributed by atoms with Gasteiger partial charge in [-0.2, -0.15) is 0 Å². The fraction of sp³-hybridized carbons (Fsp3) is 1.00. The molecule has 0 aliphatic heterocycles. The van der Waals surface area contributed by atoms with Crippen LogP contribution in [-0.2, 0) is 0 Å². The van der Waals surface area contributed by atoms with E-state index in [2.05, 4.69) is 22.6 Å². The largest absolute Gasteiger partial charge is 0.330 e. The molecule has 0 amide bonds. The highest BCUT2D eigenvalue weighted by Gasteiger charge is 2.19. The van der Waals surface area contributed by atoms with E-state index in [0.29, 0.717) is 0 Å². The van der Waals surface area contributed by atoms with E-state index < -0.39 is 0 Å². The van der Waals surface area contributed by atoms with Crippen molar-refractivity contribution in [1.82, 2.24) is 0 Å². The van der Waals surface area contributed by atoms with Crippen molar-refractivity contribution in [1.29, 1.82) is 0 Å². The predicted octanol–water partition coefficient (Wildman–Crippen LogP) is 2.19. The van der Waals surface area contributed by atoms with Gasteiger partial charge in [-0.1, -0.05) is 29.0 Å². The number of halogens is 1. The molecule has 2 N–H and O–H groups in total. The topological polar surface area (TPSA) is 26.0 Å². The Morgan fingerprint density at radius 2 is 2.00 bits per heavy atom. The molecule has 1 nitrogen and oxygen atoms in total. The first-order chi connectivity index (χ1) is 4.86. The molecule has 1 rings (SSSR count). The SMILES string of the molecule is NCC1CCCC(CI)C1. The van der Waals surface area contributed by atoms with Crippen LogP contribution < -0.4 is 5.73 Å². The Morgan fingerprint density at radius 3 is 2.60 bits per heavy atom. The van der Waals surface area contributed by atoms with Crippen LogP contribution in [0.5, 0.6) is 0 Å². The smallest absolute Gasteiger partial charge is 0.00238 e. The van der Waals surface area contributed by atoms with Crippen LogP contribution in [0.25, 0.3) is 0 Å². The fourth-order valence-electron chi connectivity index (χ4n) is 1.76. The van der Waals surface area contributed by atoms with Crippen LogP contribution in [0, 0.1) is 11.8 Å². The molecule has 0 spiro atoms. The van der Waals surface area contributed by atoms with E-state index in [1.165, 1.54) is 30.1 Å². The van der Waals surface area contributed by atoms with Gasteiger partial charge < -0.3 is 5.73 Å². The zero-order valence-electron chi connectivity index (χ0n) is 6.35. The van der Waals surface area contributed by atoms with Gasteiger partial charge in [-0.3, -0.25) is 0 Å². The fourth-order valence-corrected chi connectivity index (χ4v) is 2.56. The summed E-state index contributed by atoms with van der Waals surface area (Å²) in [6.07, 6.45) is 5.62. The highest BCUT2D eigenvalue weighted by molar-refractivity contribution is 14.1. The lowest BCUT2D eigenvalue weighted by molar-refractivity contribution is 0.295. The zero-order valence-corrected chi connectivity index (χ0v) is 8.51. The van der Waals surface area contributed by atoms with Gasteiger partial charge in [-0.15, -0.1) is 0 Å². The Balaban J connectivity index is 2.25. The van der Waals surface area contributed by atoms with E-state index in [1.54, 1.807) is 0 Å². The van der Waals surface area contributed by atoms with E-state index in [4.69, 9.17) is 5.73 Å². The van der Waals surface area contributed by atoms with Crippen LogP contribution in [0.4, 0.5) is 0 Å². The Bertz CT molecular complexity index is 85.3. The first-order valence-corrected chi connectivity index (χ1v) is 5.65. The molecule has 1 aliphatic carbocycles. The Morgan fingerprint density at radius 1 is 1.30 bits per heavy atom. The van der Waals surface area contributed by atoms with Crippen molar-refractivity contribution in [2.75, 3.05) is 11.0 Å². The van der Waals surface area contributed by atoms with Crippen LogP contribution in [0.1, 0.15) is 25.7 Å². The number of rotatable bonds is 2. The number of hydrogen-bond acceptors (Lipinski definition) is 1. The first kappa shape index (κ1) is 8.78. The number of hydrogen-bond donors (Lipinski definition) is 1. The van der Waals surface area contributed by atoms with Crippen LogP contribution in [-0.4, -0.2) is 11.0 Å². The quantitative estimate of drug-likeness (QED) is 0.592. The Labute approximate surface area is 76.9 Å². The van der Waals surface area contributed by atoms with Crippen molar-refractivity contribution < 1.29 is 0 Å². The summed E-state index contributed by atoms with van der Waals surface area (Å²) in [5, 5.41) is 0. The van der Waals surface area contributed by atoms with Crippen molar-refractivity contribution >= 4 is 22.6 Å². The van der Waals surface area contributed by atoms with Crippen molar-refractivity contribution in [2.45, 2.75) is 25.7 Å². The minimum Gasteiger partial charge on any atom is -0.330 e. The Kier molecular flexibility index (Phi) is 3.99. The zero-order chi connectivity index (χ0) is 7.40. The van der Waals surface area contributed by atoms with E-state index in [9.17, 15) is 0 Å². The molecule has 0 radical (unpaired) electrons. The predicted molar refractivity (Wildman–Crippen MR) is 53.4 cm³/mol. The average molecular weight is 253 g/mol. The van der Waals surface area contributed by atoms with E-state index >= 15 is 0 Å². The van der Waals surface area contributed by atoms with Gasteiger partial charge in [-0.05, 0) is 37.6 Å². The normalized spacial score (nSPS) is 34.2. The minimum atomic E-state index is 0.841. The van der Waals surface area contributed by atoms with Gasteiger partial charge in [0, 0.05) is 4.43 Å². The number of nitrogens with two attached hydrogens (primary N) is 1. The van der Waals surface area contributed by atoms with Gasteiger partial charge >= 0.3 is 0 Å². The van der Waals surface area contributed by atoms with Gasteiger partial charge in [0.1, 0.15) is 0 Å². The molecule has 0 saturated heterocycles. The van der Waals surface area contributed by atoms with Crippen LogP contribution >= 0.6 is 22.6 Å². The van der Waals surface area contributed by atoms with Crippen molar-refractivity contribution in [3.8, 4) is 0 Å². The third-order valence-corrected chi connectivity index (χ3v) is 3.69.